The zero-order chi connectivity index (χ0) is 16.9. The maximum absolute atomic E-state index is 12.0. The Labute approximate surface area is 143 Å². The third-order valence-electron chi connectivity index (χ3n) is 4.22. The summed E-state index contributed by atoms with van der Waals surface area (Å²) in [6, 6.07) is 14.4. The van der Waals surface area contributed by atoms with Crippen LogP contribution in [0, 0.1) is 0 Å². The molecule has 0 saturated carbocycles. The van der Waals surface area contributed by atoms with Gasteiger partial charge in [-0.3, -0.25) is 14.7 Å². The SMILES string of the molecule is CN(C)C(=O)c1ccc(C2=CCCN(Cc3ccccc3)C2)nc1. The number of carbonyl (C=O) groups is 1. The summed E-state index contributed by atoms with van der Waals surface area (Å²) in [5, 5.41) is 0. The molecule has 1 aliphatic heterocycles. The lowest BCUT2D eigenvalue weighted by molar-refractivity contribution is 0.0827. The van der Waals surface area contributed by atoms with Crippen molar-refractivity contribution in [3.05, 3.63) is 71.6 Å². The average Bonchev–Trinajstić information content (AvgIpc) is 2.62. The highest BCUT2D eigenvalue weighted by atomic mass is 16.2. The van der Waals surface area contributed by atoms with Crippen molar-refractivity contribution in [1.29, 1.82) is 0 Å². The van der Waals surface area contributed by atoms with E-state index in [2.05, 4.69) is 40.2 Å². The van der Waals surface area contributed by atoms with Crippen LogP contribution in [0.15, 0.2) is 54.7 Å². The van der Waals surface area contributed by atoms with Crippen molar-refractivity contribution >= 4 is 11.5 Å². The Morgan fingerprint density at radius 1 is 1.17 bits per heavy atom. The number of carbonyl (C=O) groups excluding carboxylic acids is 1. The van der Waals surface area contributed by atoms with Gasteiger partial charge >= 0.3 is 0 Å². The van der Waals surface area contributed by atoms with Crippen LogP contribution in [-0.2, 0) is 6.54 Å². The molecule has 3 rings (SSSR count). The molecule has 2 aromatic rings. The van der Waals surface area contributed by atoms with Crippen molar-refractivity contribution in [2.45, 2.75) is 13.0 Å². The summed E-state index contributed by atoms with van der Waals surface area (Å²) in [4.78, 5) is 20.5. The van der Waals surface area contributed by atoms with Crippen LogP contribution in [0.5, 0.6) is 0 Å². The molecule has 1 aliphatic rings. The first kappa shape index (κ1) is 16.4. The van der Waals surface area contributed by atoms with Gasteiger partial charge in [-0.25, -0.2) is 0 Å². The van der Waals surface area contributed by atoms with E-state index in [9.17, 15) is 4.79 Å². The van der Waals surface area contributed by atoms with Crippen LogP contribution in [-0.4, -0.2) is 47.9 Å². The van der Waals surface area contributed by atoms with E-state index in [1.54, 1.807) is 25.2 Å². The standard InChI is InChI=1S/C20H23N3O/c1-22(2)20(24)17-10-11-19(21-13-17)18-9-6-12-23(15-18)14-16-7-4-3-5-8-16/h3-5,7-11,13H,6,12,14-15H2,1-2H3. The third-order valence-corrected chi connectivity index (χ3v) is 4.22. The van der Waals surface area contributed by atoms with E-state index < -0.39 is 0 Å². The Kier molecular flexibility index (Phi) is 5.06. The summed E-state index contributed by atoms with van der Waals surface area (Å²) in [6.45, 7) is 2.91. The van der Waals surface area contributed by atoms with Gasteiger partial charge in [0.2, 0.25) is 0 Å². The molecule has 1 amide bonds. The molecule has 2 heterocycles. The van der Waals surface area contributed by atoms with Crippen molar-refractivity contribution in [2.75, 3.05) is 27.2 Å². The van der Waals surface area contributed by atoms with Crippen LogP contribution >= 0.6 is 0 Å². The number of benzene rings is 1. The van der Waals surface area contributed by atoms with E-state index >= 15 is 0 Å². The van der Waals surface area contributed by atoms with Gasteiger partial charge in [-0.15, -0.1) is 0 Å². The summed E-state index contributed by atoms with van der Waals surface area (Å²) < 4.78 is 0. The maximum atomic E-state index is 12.0. The minimum Gasteiger partial charge on any atom is -0.345 e. The van der Waals surface area contributed by atoms with Crippen molar-refractivity contribution in [1.82, 2.24) is 14.8 Å². The summed E-state index contributed by atoms with van der Waals surface area (Å²) in [5.41, 5.74) is 4.16. The van der Waals surface area contributed by atoms with Gasteiger partial charge in [0.25, 0.3) is 5.91 Å². The average molecular weight is 321 g/mol. The molecule has 4 heteroatoms. The van der Waals surface area contributed by atoms with Gasteiger partial charge in [-0.05, 0) is 29.7 Å². The molecule has 0 saturated heterocycles. The second kappa shape index (κ2) is 7.41. The Hall–Kier alpha value is -2.46. The summed E-state index contributed by atoms with van der Waals surface area (Å²) in [5.74, 6) is -0.0163. The van der Waals surface area contributed by atoms with E-state index in [1.165, 1.54) is 11.1 Å². The van der Waals surface area contributed by atoms with Gasteiger partial charge in [-0.2, -0.15) is 0 Å². The molecule has 0 N–H and O–H groups in total. The van der Waals surface area contributed by atoms with Gasteiger partial charge in [0.05, 0.1) is 11.3 Å². The van der Waals surface area contributed by atoms with Crippen molar-refractivity contribution in [3.63, 3.8) is 0 Å². The second-order valence-corrected chi connectivity index (χ2v) is 6.35. The molecule has 1 aromatic carbocycles. The molecule has 24 heavy (non-hydrogen) atoms. The number of aromatic nitrogens is 1. The highest BCUT2D eigenvalue weighted by Crippen LogP contribution is 2.21. The Balaban J connectivity index is 1.68. The zero-order valence-electron chi connectivity index (χ0n) is 14.3. The van der Waals surface area contributed by atoms with Gasteiger partial charge < -0.3 is 4.90 Å². The first-order valence-corrected chi connectivity index (χ1v) is 8.27. The van der Waals surface area contributed by atoms with E-state index in [1.807, 2.05) is 18.2 Å². The molecule has 0 fully saturated rings. The topological polar surface area (TPSA) is 36.4 Å². The smallest absolute Gasteiger partial charge is 0.254 e. The third kappa shape index (κ3) is 3.89. The summed E-state index contributed by atoms with van der Waals surface area (Å²) in [7, 11) is 3.50. The van der Waals surface area contributed by atoms with Crippen LogP contribution in [0.2, 0.25) is 0 Å². The molecule has 0 unspecified atom stereocenters. The lowest BCUT2D eigenvalue weighted by Crippen LogP contribution is -2.29. The highest BCUT2D eigenvalue weighted by molar-refractivity contribution is 5.93. The Morgan fingerprint density at radius 3 is 2.62 bits per heavy atom. The highest BCUT2D eigenvalue weighted by Gasteiger charge is 2.16. The fourth-order valence-electron chi connectivity index (χ4n) is 2.94. The molecular weight excluding hydrogens is 298 g/mol. The van der Waals surface area contributed by atoms with Crippen molar-refractivity contribution in [2.24, 2.45) is 0 Å². The van der Waals surface area contributed by atoms with Gasteiger partial charge in [-0.1, -0.05) is 36.4 Å². The maximum Gasteiger partial charge on any atom is 0.254 e. The predicted molar refractivity (Wildman–Crippen MR) is 96.6 cm³/mol. The second-order valence-electron chi connectivity index (χ2n) is 6.35. The van der Waals surface area contributed by atoms with E-state index in [-0.39, 0.29) is 5.91 Å². The molecule has 0 radical (unpaired) electrons. The van der Waals surface area contributed by atoms with Crippen LogP contribution in [0.1, 0.15) is 28.0 Å². The lowest BCUT2D eigenvalue weighted by Gasteiger charge is -2.27. The Morgan fingerprint density at radius 2 is 1.96 bits per heavy atom. The molecule has 1 aromatic heterocycles. The van der Waals surface area contributed by atoms with E-state index in [4.69, 9.17) is 0 Å². The molecule has 4 nitrogen and oxygen atoms in total. The molecule has 0 atom stereocenters. The van der Waals surface area contributed by atoms with Crippen molar-refractivity contribution < 1.29 is 4.79 Å². The number of hydrogen-bond acceptors (Lipinski definition) is 3. The van der Waals surface area contributed by atoms with Gasteiger partial charge in [0.1, 0.15) is 0 Å². The number of amides is 1. The number of rotatable bonds is 4. The largest absolute Gasteiger partial charge is 0.345 e. The van der Waals surface area contributed by atoms with Gasteiger partial charge in [0.15, 0.2) is 0 Å². The van der Waals surface area contributed by atoms with Crippen LogP contribution in [0.3, 0.4) is 0 Å². The van der Waals surface area contributed by atoms with E-state index in [0.717, 1.165) is 31.7 Å². The lowest BCUT2D eigenvalue weighted by atomic mass is 10.0. The van der Waals surface area contributed by atoms with Crippen LogP contribution in [0.25, 0.3) is 5.57 Å². The summed E-state index contributed by atoms with van der Waals surface area (Å²) in [6.07, 6.45) is 4.97. The molecule has 0 aliphatic carbocycles. The normalized spacial score (nSPS) is 15.0. The predicted octanol–water partition coefficient (Wildman–Crippen LogP) is 3.07. The van der Waals surface area contributed by atoms with Crippen molar-refractivity contribution in [3.8, 4) is 0 Å². The molecular formula is C20H23N3O. The molecule has 0 bridgehead atoms. The quantitative estimate of drug-likeness (QED) is 0.868. The number of pyridine rings is 1. The van der Waals surface area contributed by atoms with Gasteiger partial charge in [0, 0.05) is 39.9 Å². The number of nitrogens with zero attached hydrogens (tertiary/aromatic N) is 3. The Bertz CT molecular complexity index is 720. The van der Waals surface area contributed by atoms with Crippen LogP contribution < -0.4 is 0 Å². The minimum absolute atomic E-state index is 0.0163. The van der Waals surface area contributed by atoms with E-state index in [0.29, 0.717) is 5.56 Å². The molecule has 124 valence electrons. The monoisotopic (exact) mass is 321 g/mol. The summed E-state index contributed by atoms with van der Waals surface area (Å²) >= 11 is 0. The molecule has 0 spiro atoms. The first-order chi connectivity index (χ1) is 11.6. The first-order valence-electron chi connectivity index (χ1n) is 8.27. The number of hydrogen-bond donors (Lipinski definition) is 0. The zero-order valence-corrected chi connectivity index (χ0v) is 14.3. The van der Waals surface area contributed by atoms with Crippen LogP contribution in [0.4, 0.5) is 0 Å². The fraction of sp³-hybridized carbons (Fsp3) is 0.300. The minimum atomic E-state index is -0.0163. The fourth-order valence-corrected chi connectivity index (χ4v) is 2.94.